The fourth-order valence-electron chi connectivity index (χ4n) is 1.64. The first-order valence-electron chi connectivity index (χ1n) is 5.39. The molecule has 2 rings (SSSR count). The number of aryl methyl sites for hydroxylation is 2. The van der Waals surface area contributed by atoms with Crippen molar-refractivity contribution in [3.63, 3.8) is 0 Å². The van der Waals surface area contributed by atoms with Crippen LogP contribution >= 0.6 is 0 Å². The van der Waals surface area contributed by atoms with Crippen LogP contribution in [0.5, 0.6) is 0 Å². The van der Waals surface area contributed by atoms with Gasteiger partial charge >= 0.3 is 5.69 Å². The molecule has 0 atom stereocenters. The number of hydrogen-bond donors (Lipinski definition) is 1. The lowest BCUT2D eigenvalue weighted by atomic mass is 10.2. The van der Waals surface area contributed by atoms with Crippen LogP contribution in [0.1, 0.15) is 18.2 Å². The van der Waals surface area contributed by atoms with Crippen molar-refractivity contribution in [1.29, 1.82) is 0 Å². The van der Waals surface area contributed by atoms with E-state index in [1.54, 1.807) is 18.7 Å². The molecule has 90 valence electrons. The molecule has 6 heteroatoms. The van der Waals surface area contributed by atoms with Gasteiger partial charge in [-0.3, -0.25) is 14.3 Å². The molecule has 0 radical (unpaired) electrons. The second kappa shape index (κ2) is 4.40. The van der Waals surface area contributed by atoms with Crippen molar-refractivity contribution in [3.05, 3.63) is 50.8 Å². The summed E-state index contributed by atoms with van der Waals surface area (Å²) in [5.74, 6) is 0. The van der Waals surface area contributed by atoms with Gasteiger partial charge in [0.05, 0.1) is 18.6 Å². The van der Waals surface area contributed by atoms with Gasteiger partial charge in [0.1, 0.15) is 0 Å². The topological polar surface area (TPSA) is 72.7 Å². The van der Waals surface area contributed by atoms with Crippen LogP contribution in [-0.2, 0) is 20.0 Å². The number of aromatic nitrogens is 4. The fourth-order valence-corrected chi connectivity index (χ4v) is 1.64. The average Bonchev–Trinajstić information content (AvgIpc) is 2.68. The Balaban J connectivity index is 2.43. The summed E-state index contributed by atoms with van der Waals surface area (Å²) in [6.45, 7) is 2.28. The average molecular weight is 234 g/mol. The molecule has 6 nitrogen and oxygen atoms in total. The Bertz CT molecular complexity index is 635. The Morgan fingerprint density at radius 3 is 2.76 bits per heavy atom. The number of hydrogen-bond acceptors (Lipinski definition) is 3. The summed E-state index contributed by atoms with van der Waals surface area (Å²) in [7, 11) is 1.86. The number of imidazole rings is 1. The first-order valence-corrected chi connectivity index (χ1v) is 5.39. The first-order chi connectivity index (χ1) is 8.11. The molecule has 1 N–H and O–H groups in total. The Morgan fingerprint density at radius 1 is 1.41 bits per heavy atom. The van der Waals surface area contributed by atoms with Crippen LogP contribution in [0.4, 0.5) is 0 Å². The quantitative estimate of drug-likeness (QED) is 0.804. The Kier molecular flexibility index (Phi) is 2.95. The van der Waals surface area contributed by atoms with Crippen molar-refractivity contribution >= 4 is 0 Å². The van der Waals surface area contributed by atoms with Crippen molar-refractivity contribution in [1.82, 2.24) is 19.1 Å². The number of aromatic amines is 1. The van der Waals surface area contributed by atoms with Crippen LogP contribution in [0.3, 0.4) is 0 Å². The van der Waals surface area contributed by atoms with Crippen LogP contribution in [0.2, 0.25) is 0 Å². The van der Waals surface area contributed by atoms with E-state index in [1.165, 1.54) is 4.57 Å². The molecule has 0 amide bonds. The van der Waals surface area contributed by atoms with E-state index in [0.29, 0.717) is 18.5 Å². The number of nitrogens with one attached hydrogen (secondary N) is 1. The molecular weight excluding hydrogens is 220 g/mol. The molecule has 0 spiro atoms. The highest BCUT2D eigenvalue weighted by atomic mass is 16.2. The third-order valence-electron chi connectivity index (χ3n) is 2.71. The summed E-state index contributed by atoms with van der Waals surface area (Å²) in [6, 6.07) is 0. The van der Waals surface area contributed by atoms with E-state index in [4.69, 9.17) is 0 Å². The molecule has 0 saturated heterocycles. The Hall–Kier alpha value is -2.11. The second-order valence-electron chi connectivity index (χ2n) is 3.89. The molecule has 0 aliphatic heterocycles. The van der Waals surface area contributed by atoms with Gasteiger partial charge in [0.2, 0.25) is 0 Å². The predicted molar refractivity (Wildman–Crippen MR) is 63.0 cm³/mol. The second-order valence-corrected chi connectivity index (χ2v) is 3.89. The normalized spacial score (nSPS) is 10.7. The van der Waals surface area contributed by atoms with E-state index in [0.717, 1.165) is 5.69 Å². The van der Waals surface area contributed by atoms with E-state index >= 15 is 0 Å². The highest BCUT2D eigenvalue weighted by Crippen LogP contribution is 1.99. The van der Waals surface area contributed by atoms with Crippen molar-refractivity contribution in [2.75, 3.05) is 0 Å². The van der Waals surface area contributed by atoms with Crippen molar-refractivity contribution in [2.45, 2.75) is 19.9 Å². The molecule has 0 fully saturated rings. The predicted octanol–water partition coefficient (Wildman–Crippen LogP) is -0.119. The molecule has 0 aliphatic rings. The zero-order valence-electron chi connectivity index (χ0n) is 9.80. The van der Waals surface area contributed by atoms with E-state index in [1.807, 2.05) is 18.5 Å². The summed E-state index contributed by atoms with van der Waals surface area (Å²) in [6.07, 6.45) is 5.57. The summed E-state index contributed by atoms with van der Waals surface area (Å²) in [4.78, 5) is 29.3. The van der Waals surface area contributed by atoms with Gasteiger partial charge in [0.15, 0.2) is 0 Å². The van der Waals surface area contributed by atoms with Crippen LogP contribution < -0.4 is 11.2 Å². The molecule has 0 aliphatic carbocycles. The van der Waals surface area contributed by atoms with Crippen LogP contribution in [0, 0.1) is 0 Å². The maximum absolute atomic E-state index is 11.6. The molecule has 0 bridgehead atoms. The zero-order chi connectivity index (χ0) is 12.4. The molecule has 0 aromatic carbocycles. The number of H-pyrrole nitrogens is 1. The van der Waals surface area contributed by atoms with Gasteiger partial charge in [-0.2, -0.15) is 0 Å². The van der Waals surface area contributed by atoms with Crippen LogP contribution in [0.25, 0.3) is 0 Å². The van der Waals surface area contributed by atoms with Crippen molar-refractivity contribution in [3.8, 4) is 0 Å². The van der Waals surface area contributed by atoms with Gasteiger partial charge in [-0.05, 0) is 6.42 Å². The lowest BCUT2D eigenvalue weighted by molar-refractivity contribution is 0.668. The lowest BCUT2D eigenvalue weighted by Gasteiger charge is -2.06. The first kappa shape index (κ1) is 11.4. The third-order valence-corrected chi connectivity index (χ3v) is 2.71. The highest BCUT2D eigenvalue weighted by Gasteiger charge is 2.05. The molecular formula is C11H14N4O2. The number of rotatable bonds is 3. The third kappa shape index (κ3) is 2.20. The number of nitrogens with zero attached hydrogens (tertiary/aromatic N) is 3. The van der Waals surface area contributed by atoms with E-state index in [9.17, 15) is 9.59 Å². The minimum absolute atomic E-state index is 0.307. The molecule has 2 heterocycles. The van der Waals surface area contributed by atoms with Crippen LogP contribution in [-0.4, -0.2) is 19.1 Å². The van der Waals surface area contributed by atoms with Gasteiger partial charge < -0.3 is 4.57 Å². The van der Waals surface area contributed by atoms with Gasteiger partial charge in [-0.15, -0.1) is 0 Å². The minimum Gasteiger partial charge on any atom is -0.336 e. The van der Waals surface area contributed by atoms with Crippen molar-refractivity contribution in [2.24, 2.45) is 7.05 Å². The summed E-state index contributed by atoms with van der Waals surface area (Å²) in [5, 5.41) is 0. The summed E-state index contributed by atoms with van der Waals surface area (Å²) < 4.78 is 3.32. The van der Waals surface area contributed by atoms with E-state index in [2.05, 4.69) is 9.97 Å². The van der Waals surface area contributed by atoms with Gasteiger partial charge in [-0.1, -0.05) is 6.92 Å². The SMILES string of the molecule is CCc1cn(Cc2cncn2C)c(=O)[nH]c1=O. The van der Waals surface area contributed by atoms with E-state index < -0.39 is 5.69 Å². The summed E-state index contributed by atoms with van der Waals surface area (Å²) in [5.41, 5.74) is 0.806. The molecule has 0 saturated carbocycles. The molecule has 17 heavy (non-hydrogen) atoms. The molecule has 2 aromatic heterocycles. The van der Waals surface area contributed by atoms with Crippen LogP contribution in [0.15, 0.2) is 28.3 Å². The van der Waals surface area contributed by atoms with Gasteiger partial charge in [0.25, 0.3) is 5.56 Å². The Morgan fingerprint density at radius 2 is 2.18 bits per heavy atom. The minimum atomic E-state index is -0.395. The zero-order valence-corrected chi connectivity index (χ0v) is 9.80. The Labute approximate surface area is 97.6 Å². The highest BCUT2D eigenvalue weighted by molar-refractivity contribution is 5.06. The van der Waals surface area contributed by atoms with Gasteiger partial charge in [-0.25, -0.2) is 9.78 Å². The fraction of sp³-hybridized carbons (Fsp3) is 0.364. The molecule has 2 aromatic rings. The largest absolute Gasteiger partial charge is 0.336 e. The summed E-state index contributed by atoms with van der Waals surface area (Å²) >= 11 is 0. The lowest BCUT2D eigenvalue weighted by Crippen LogP contribution is -2.32. The van der Waals surface area contributed by atoms with Gasteiger partial charge in [0, 0.05) is 25.0 Å². The smallest absolute Gasteiger partial charge is 0.328 e. The molecule has 0 unspecified atom stereocenters. The monoisotopic (exact) mass is 234 g/mol. The van der Waals surface area contributed by atoms with Crippen molar-refractivity contribution < 1.29 is 0 Å². The van der Waals surface area contributed by atoms with E-state index in [-0.39, 0.29) is 5.56 Å². The standard InChI is InChI=1S/C11H14N4O2/c1-3-8-5-15(11(17)13-10(8)16)6-9-4-12-7-14(9)2/h4-5,7H,3,6H2,1-2H3,(H,13,16,17). The maximum atomic E-state index is 11.6. The maximum Gasteiger partial charge on any atom is 0.328 e.